The molecule has 0 bridgehead atoms. The van der Waals surface area contributed by atoms with Gasteiger partial charge in [0.05, 0.1) is 4.88 Å². The summed E-state index contributed by atoms with van der Waals surface area (Å²) in [6, 6.07) is 7.92. The molecule has 1 saturated heterocycles. The van der Waals surface area contributed by atoms with E-state index in [1.54, 1.807) is 23.1 Å². The second-order valence-electron chi connectivity index (χ2n) is 6.74. The van der Waals surface area contributed by atoms with E-state index < -0.39 is 0 Å². The number of hydrogen-bond acceptors (Lipinski definition) is 6. The maximum absolute atomic E-state index is 13.1. The first-order valence-corrected chi connectivity index (χ1v) is 11.1. The van der Waals surface area contributed by atoms with Crippen molar-refractivity contribution in [2.24, 2.45) is 5.92 Å². The van der Waals surface area contributed by atoms with Gasteiger partial charge in [0, 0.05) is 43.6 Å². The lowest BCUT2D eigenvalue weighted by Gasteiger charge is -2.31. The van der Waals surface area contributed by atoms with E-state index in [2.05, 4.69) is 9.88 Å². The van der Waals surface area contributed by atoms with Crippen LogP contribution in [0.1, 0.15) is 28.1 Å². The molecule has 140 valence electrons. The molecule has 0 spiro atoms. The number of Topliss-reactive ketones (excluding diaryl/α,β-unsaturated/α-hetero) is 1. The van der Waals surface area contributed by atoms with Gasteiger partial charge in [-0.1, -0.05) is 41.1 Å². The highest BCUT2D eigenvalue weighted by atomic mass is 35.5. The lowest BCUT2D eigenvalue weighted by Crippen LogP contribution is -2.38. The van der Waals surface area contributed by atoms with Gasteiger partial charge in [-0.15, -0.1) is 11.8 Å². The van der Waals surface area contributed by atoms with Crippen molar-refractivity contribution in [1.82, 2.24) is 9.88 Å². The van der Waals surface area contributed by atoms with Gasteiger partial charge >= 0.3 is 0 Å². The maximum Gasteiger partial charge on any atom is 0.186 e. The second kappa shape index (κ2) is 8.74. The van der Waals surface area contributed by atoms with Crippen LogP contribution in [-0.2, 0) is 6.54 Å². The van der Waals surface area contributed by atoms with Crippen LogP contribution in [-0.4, -0.2) is 49.1 Å². The quantitative estimate of drug-likeness (QED) is 0.511. The van der Waals surface area contributed by atoms with Crippen LogP contribution >= 0.6 is 34.7 Å². The largest absolute Gasteiger partial charge is 0.354 e. The molecule has 1 unspecified atom stereocenters. The minimum Gasteiger partial charge on any atom is -0.354 e. The number of likely N-dealkylation sites (tertiary alicyclic amines) is 1. The minimum absolute atomic E-state index is 0.0528. The molecule has 1 aromatic carbocycles. The Kier molecular flexibility index (Phi) is 6.61. The summed E-state index contributed by atoms with van der Waals surface area (Å²) >= 11 is 9.58. The number of carbonyl (C=O) groups excluding carboxylic acids is 1. The van der Waals surface area contributed by atoms with Crippen LogP contribution in [0.3, 0.4) is 0 Å². The number of nitrogens with zero attached hydrogens (tertiary/aromatic N) is 3. The fourth-order valence-corrected chi connectivity index (χ4v) is 5.12. The molecule has 2 aromatic rings. The van der Waals surface area contributed by atoms with Crippen molar-refractivity contribution >= 4 is 45.6 Å². The predicted molar refractivity (Wildman–Crippen MR) is 112 cm³/mol. The number of anilines is 1. The van der Waals surface area contributed by atoms with Gasteiger partial charge < -0.3 is 4.90 Å². The third-order valence-corrected chi connectivity index (χ3v) is 7.07. The Balaban J connectivity index is 1.70. The molecule has 4 nitrogen and oxygen atoms in total. The Labute approximate surface area is 168 Å². The monoisotopic (exact) mass is 409 g/mol. The number of thiazole rings is 1. The van der Waals surface area contributed by atoms with Crippen LogP contribution in [0.5, 0.6) is 0 Å². The summed E-state index contributed by atoms with van der Waals surface area (Å²) in [7, 11) is 3.94. The van der Waals surface area contributed by atoms with Crippen LogP contribution in [0.4, 0.5) is 5.13 Å². The molecule has 0 saturated carbocycles. The molecule has 0 amide bonds. The number of carbonyl (C=O) groups is 1. The molecule has 1 aliphatic rings. The van der Waals surface area contributed by atoms with E-state index in [0.717, 1.165) is 52.9 Å². The first-order chi connectivity index (χ1) is 12.5. The standard InChI is InChI=1S/C19H24ClN3OS2/c1-22(2)19-21-18(20)16(26-19)12-23-10-6-7-13(11-23)17(24)14-8-4-5-9-15(14)25-3/h4-5,8-9,13H,6-7,10-12H2,1-3H3. The number of aromatic nitrogens is 1. The van der Waals surface area contributed by atoms with Crippen LogP contribution in [0.15, 0.2) is 29.2 Å². The van der Waals surface area contributed by atoms with E-state index in [1.165, 1.54) is 0 Å². The van der Waals surface area contributed by atoms with Crippen LogP contribution in [0, 0.1) is 5.92 Å². The zero-order valence-electron chi connectivity index (χ0n) is 15.4. The van der Waals surface area contributed by atoms with E-state index in [4.69, 9.17) is 11.6 Å². The first-order valence-electron chi connectivity index (χ1n) is 8.71. The van der Waals surface area contributed by atoms with Gasteiger partial charge in [0.15, 0.2) is 10.9 Å². The average molecular weight is 410 g/mol. The number of thioether (sulfide) groups is 1. The predicted octanol–water partition coefficient (Wildman–Crippen LogP) is 4.68. The van der Waals surface area contributed by atoms with Crippen LogP contribution in [0.25, 0.3) is 0 Å². The van der Waals surface area contributed by atoms with E-state index in [-0.39, 0.29) is 11.7 Å². The van der Waals surface area contributed by atoms with Gasteiger partial charge in [-0.05, 0) is 31.7 Å². The summed E-state index contributed by atoms with van der Waals surface area (Å²) in [5, 5.41) is 1.50. The third-order valence-electron chi connectivity index (χ3n) is 4.64. The van der Waals surface area contributed by atoms with Gasteiger partial charge in [-0.2, -0.15) is 0 Å². The Hall–Kier alpha value is -1.08. The fraction of sp³-hybridized carbons (Fsp3) is 0.474. The maximum atomic E-state index is 13.1. The van der Waals surface area contributed by atoms with E-state index in [0.29, 0.717) is 5.15 Å². The van der Waals surface area contributed by atoms with Crippen molar-refractivity contribution in [2.75, 3.05) is 38.3 Å². The number of hydrogen-bond donors (Lipinski definition) is 0. The summed E-state index contributed by atoms with van der Waals surface area (Å²) in [6.07, 6.45) is 4.01. The van der Waals surface area contributed by atoms with Crippen molar-refractivity contribution in [3.63, 3.8) is 0 Å². The second-order valence-corrected chi connectivity index (χ2v) is 9.01. The SMILES string of the molecule is CSc1ccccc1C(=O)C1CCCN(Cc2sc(N(C)C)nc2Cl)C1. The lowest BCUT2D eigenvalue weighted by atomic mass is 9.90. The van der Waals surface area contributed by atoms with E-state index >= 15 is 0 Å². The molecule has 1 atom stereocenters. The molecular formula is C19H24ClN3OS2. The van der Waals surface area contributed by atoms with E-state index in [9.17, 15) is 4.79 Å². The average Bonchev–Trinajstić information content (AvgIpc) is 3.02. The molecular weight excluding hydrogens is 386 g/mol. The topological polar surface area (TPSA) is 36.4 Å². The van der Waals surface area contributed by atoms with Crippen molar-refractivity contribution in [3.05, 3.63) is 39.9 Å². The summed E-state index contributed by atoms with van der Waals surface area (Å²) in [4.78, 5) is 23.9. The summed E-state index contributed by atoms with van der Waals surface area (Å²) in [5.41, 5.74) is 0.859. The number of halogens is 1. The number of piperidine rings is 1. The molecule has 0 N–H and O–H groups in total. The molecule has 1 fully saturated rings. The van der Waals surface area contributed by atoms with Crippen molar-refractivity contribution in [3.8, 4) is 0 Å². The summed E-state index contributed by atoms with van der Waals surface area (Å²) in [6.45, 7) is 2.55. The van der Waals surface area contributed by atoms with Gasteiger partial charge in [0.25, 0.3) is 0 Å². The van der Waals surface area contributed by atoms with Crippen LogP contribution in [0.2, 0.25) is 5.15 Å². The fourth-order valence-electron chi connectivity index (χ4n) is 3.29. The van der Waals surface area contributed by atoms with Crippen LogP contribution < -0.4 is 4.90 Å². The molecule has 1 aliphatic heterocycles. The first kappa shape index (κ1) is 19.7. The summed E-state index contributed by atoms with van der Waals surface area (Å²) in [5.74, 6) is 0.320. The number of ketones is 1. The third kappa shape index (κ3) is 4.42. The van der Waals surface area contributed by atoms with Gasteiger partial charge in [-0.25, -0.2) is 4.98 Å². The Morgan fingerprint density at radius 1 is 1.42 bits per heavy atom. The normalized spacial score (nSPS) is 18.1. The van der Waals surface area contributed by atoms with Gasteiger partial charge in [0.1, 0.15) is 5.15 Å². The number of rotatable bonds is 6. The molecule has 0 radical (unpaired) electrons. The van der Waals surface area contributed by atoms with Crippen molar-refractivity contribution < 1.29 is 4.79 Å². The Morgan fingerprint density at radius 3 is 2.88 bits per heavy atom. The highest BCUT2D eigenvalue weighted by Crippen LogP contribution is 2.32. The molecule has 7 heteroatoms. The van der Waals surface area contributed by atoms with Crippen molar-refractivity contribution in [1.29, 1.82) is 0 Å². The molecule has 0 aliphatic carbocycles. The highest BCUT2D eigenvalue weighted by molar-refractivity contribution is 7.98. The summed E-state index contributed by atoms with van der Waals surface area (Å²) < 4.78 is 0. The zero-order chi connectivity index (χ0) is 18.7. The van der Waals surface area contributed by atoms with E-state index in [1.807, 2.05) is 49.5 Å². The van der Waals surface area contributed by atoms with Gasteiger partial charge in [-0.3, -0.25) is 9.69 Å². The van der Waals surface area contributed by atoms with Gasteiger partial charge in [0.2, 0.25) is 0 Å². The highest BCUT2D eigenvalue weighted by Gasteiger charge is 2.28. The molecule has 3 rings (SSSR count). The minimum atomic E-state index is 0.0528. The molecule has 26 heavy (non-hydrogen) atoms. The Bertz CT molecular complexity index is 778. The Morgan fingerprint density at radius 2 is 2.19 bits per heavy atom. The number of benzene rings is 1. The zero-order valence-corrected chi connectivity index (χ0v) is 17.8. The smallest absolute Gasteiger partial charge is 0.186 e. The van der Waals surface area contributed by atoms with Crippen molar-refractivity contribution in [2.45, 2.75) is 24.3 Å². The molecule has 2 heterocycles. The lowest BCUT2D eigenvalue weighted by molar-refractivity contribution is 0.0809. The molecule has 1 aromatic heterocycles.